The van der Waals surface area contributed by atoms with Crippen molar-refractivity contribution in [3.63, 3.8) is 0 Å². The van der Waals surface area contributed by atoms with Gasteiger partial charge in [-0.3, -0.25) is 4.79 Å². The average Bonchev–Trinajstić information content (AvgIpc) is 2.81. The first kappa shape index (κ1) is 19.2. The van der Waals surface area contributed by atoms with Gasteiger partial charge in [0.25, 0.3) is 0 Å². The van der Waals surface area contributed by atoms with Gasteiger partial charge in [0.15, 0.2) is 4.90 Å². The van der Waals surface area contributed by atoms with E-state index in [0.29, 0.717) is 13.0 Å². The predicted molar refractivity (Wildman–Crippen MR) is 89.8 cm³/mol. The summed E-state index contributed by atoms with van der Waals surface area (Å²) in [5, 5.41) is 0. The van der Waals surface area contributed by atoms with Crippen LogP contribution in [0.2, 0.25) is 0 Å². The Bertz CT molecular complexity index is 785. The minimum atomic E-state index is -4.30. The molecule has 2 aliphatic heterocycles. The lowest BCUT2D eigenvalue weighted by Crippen LogP contribution is -2.45. The SMILES string of the molecule is CN(C)CC1CC2(CCN(S(=O)(=O)c3c(F)cccc3F)CC2)C(=O)O1. The van der Waals surface area contributed by atoms with Gasteiger partial charge in [-0.25, -0.2) is 17.2 Å². The van der Waals surface area contributed by atoms with E-state index in [0.717, 1.165) is 22.5 Å². The fourth-order valence-corrected chi connectivity index (χ4v) is 5.32. The summed E-state index contributed by atoms with van der Waals surface area (Å²) in [5.74, 6) is -2.54. The minimum absolute atomic E-state index is 0.0277. The molecule has 144 valence electrons. The number of halogens is 2. The van der Waals surface area contributed by atoms with Crippen molar-refractivity contribution < 1.29 is 26.7 Å². The first-order valence-electron chi connectivity index (χ1n) is 8.46. The predicted octanol–water partition coefficient (Wildman–Crippen LogP) is 1.61. The van der Waals surface area contributed by atoms with Gasteiger partial charge in [0.2, 0.25) is 10.0 Å². The third-order valence-electron chi connectivity index (χ3n) is 5.09. The molecule has 9 heteroatoms. The number of nitrogens with zero attached hydrogens (tertiary/aromatic N) is 2. The zero-order valence-corrected chi connectivity index (χ0v) is 15.6. The van der Waals surface area contributed by atoms with Crippen molar-refractivity contribution in [2.45, 2.75) is 30.3 Å². The van der Waals surface area contributed by atoms with Gasteiger partial charge >= 0.3 is 5.97 Å². The number of sulfonamides is 1. The molecule has 0 radical (unpaired) electrons. The molecular weight excluding hydrogens is 366 g/mol. The quantitative estimate of drug-likeness (QED) is 0.734. The van der Waals surface area contributed by atoms with Crippen molar-refractivity contribution in [1.29, 1.82) is 0 Å². The number of carbonyl (C=O) groups excluding carboxylic acids is 1. The molecule has 1 aromatic rings. The molecule has 2 saturated heterocycles. The van der Waals surface area contributed by atoms with Crippen LogP contribution in [0.3, 0.4) is 0 Å². The number of benzene rings is 1. The summed E-state index contributed by atoms with van der Waals surface area (Å²) in [6, 6.07) is 2.96. The standard InChI is InChI=1S/C17H22F2N2O4S/c1-20(2)11-12-10-17(16(22)25-12)6-8-21(9-7-17)26(23,24)15-13(18)4-3-5-14(15)19/h3-5,12H,6-11H2,1-2H3. The second kappa shape index (κ2) is 6.86. The van der Waals surface area contributed by atoms with Crippen LogP contribution in [0, 0.1) is 17.0 Å². The normalized spacial score (nSPS) is 23.6. The number of rotatable bonds is 4. The molecule has 1 aromatic carbocycles. The number of ether oxygens (including phenoxy) is 1. The van der Waals surface area contributed by atoms with E-state index < -0.39 is 32.0 Å². The van der Waals surface area contributed by atoms with E-state index in [1.165, 1.54) is 0 Å². The van der Waals surface area contributed by atoms with Crippen molar-refractivity contribution >= 4 is 16.0 Å². The fourth-order valence-electron chi connectivity index (χ4n) is 3.77. The maximum absolute atomic E-state index is 13.9. The Balaban J connectivity index is 1.75. The van der Waals surface area contributed by atoms with Gasteiger partial charge in [-0.2, -0.15) is 4.31 Å². The molecule has 0 aliphatic carbocycles. The van der Waals surface area contributed by atoms with Gasteiger partial charge < -0.3 is 9.64 Å². The molecule has 26 heavy (non-hydrogen) atoms. The Morgan fingerprint density at radius 3 is 2.35 bits per heavy atom. The Morgan fingerprint density at radius 1 is 1.23 bits per heavy atom. The van der Waals surface area contributed by atoms with E-state index in [-0.39, 0.29) is 38.0 Å². The van der Waals surface area contributed by atoms with E-state index in [1.54, 1.807) is 0 Å². The van der Waals surface area contributed by atoms with Gasteiger partial charge in [0, 0.05) is 26.1 Å². The van der Waals surface area contributed by atoms with Crippen LogP contribution >= 0.6 is 0 Å². The summed E-state index contributed by atoms with van der Waals surface area (Å²) < 4.78 is 59.6. The highest BCUT2D eigenvalue weighted by molar-refractivity contribution is 7.89. The van der Waals surface area contributed by atoms with E-state index in [9.17, 15) is 22.0 Å². The summed E-state index contributed by atoms with van der Waals surface area (Å²) >= 11 is 0. The van der Waals surface area contributed by atoms with Crippen molar-refractivity contribution in [1.82, 2.24) is 9.21 Å². The van der Waals surface area contributed by atoms with Gasteiger partial charge in [-0.1, -0.05) is 6.07 Å². The van der Waals surface area contributed by atoms with Crippen LogP contribution in [-0.2, 0) is 19.6 Å². The van der Waals surface area contributed by atoms with Crippen molar-refractivity contribution in [2.24, 2.45) is 5.41 Å². The van der Waals surface area contributed by atoms with Gasteiger partial charge in [0.1, 0.15) is 17.7 Å². The molecule has 1 unspecified atom stereocenters. The van der Waals surface area contributed by atoms with Gasteiger partial charge in [0.05, 0.1) is 5.41 Å². The number of cyclic esters (lactones) is 1. The molecule has 6 nitrogen and oxygen atoms in total. The molecule has 1 spiro atoms. The Kier molecular flexibility index (Phi) is 5.06. The van der Waals surface area contributed by atoms with E-state index >= 15 is 0 Å². The largest absolute Gasteiger partial charge is 0.461 e. The first-order chi connectivity index (χ1) is 12.2. The molecule has 2 heterocycles. The van der Waals surface area contributed by atoms with Crippen LogP contribution in [0.15, 0.2) is 23.1 Å². The molecular formula is C17H22F2N2O4S. The number of likely N-dealkylation sites (N-methyl/N-ethyl adjacent to an activating group) is 1. The Hall–Kier alpha value is -1.58. The second-order valence-electron chi connectivity index (χ2n) is 7.23. The van der Waals surface area contributed by atoms with Crippen molar-refractivity contribution in [3.8, 4) is 0 Å². The minimum Gasteiger partial charge on any atom is -0.461 e. The van der Waals surface area contributed by atoms with Crippen LogP contribution in [0.1, 0.15) is 19.3 Å². The lowest BCUT2D eigenvalue weighted by Gasteiger charge is -2.35. The Morgan fingerprint density at radius 2 is 1.81 bits per heavy atom. The maximum Gasteiger partial charge on any atom is 0.312 e. The molecule has 0 saturated carbocycles. The monoisotopic (exact) mass is 388 g/mol. The highest BCUT2D eigenvalue weighted by Gasteiger charge is 2.51. The van der Waals surface area contributed by atoms with Crippen molar-refractivity contribution in [2.75, 3.05) is 33.7 Å². The highest BCUT2D eigenvalue weighted by atomic mass is 32.2. The summed E-state index contributed by atoms with van der Waals surface area (Å²) in [5.41, 5.74) is -0.708. The second-order valence-corrected chi connectivity index (χ2v) is 9.10. The van der Waals surface area contributed by atoms with Gasteiger partial charge in [-0.05, 0) is 39.1 Å². The zero-order chi connectivity index (χ0) is 19.1. The lowest BCUT2D eigenvalue weighted by atomic mass is 9.76. The van der Waals surface area contributed by atoms with Crippen LogP contribution < -0.4 is 0 Å². The molecule has 0 amide bonds. The highest BCUT2D eigenvalue weighted by Crippen LogP contribution is 2.44. The average molecular weight is 388 g/mol. The summed E-state index contributed by atoms with van der Waals surface area (Å²) in [7, 11) is -0.525. The van der Waals surface area contributed by atoms with Crippen LogP contribution in [-0.4, -0.2) is 63.4 Å². The summed E-state index contributed by atoms with van der Waals surface area (Å²) in [4.78, 5) is 13.3. The third-order valence-corrected chi connectivity index (χ3v) is 7.04. The van der Waals surface area contributed by atoms with Crippen LogP contribution in [0.5, 0.6) is 0 Å². The molecule has 0 bridgehead atoms. The molecule has 0 N–H and O–H groups in total. The van der Waals surface area contributed by atoms with E-state index in [2.05, 4.69) is 0 Å². The number of piperidine rings is 1. The number of hydrogen-bond donors (Lipinski definition) is 0. The zero-order valence-electron chi connectivity index (χ0n) is 14.7. The molecule has 1 atom stereocenters. The molecule has 3 rings (SSSR count). The fraction of sp³-hybridized carbons (Fsp3) is 0.588. The lowest BCUT2D eigenvalue weighted by molar-refractivity contribution is -0.150. The summed E-state index contributed by atoms with van der Waals surface area (Å²) in [6.07, 6.45) is 0.881. The first-order valence-corrected chi connectivity index (χ1v) is 9.90. The van der Waals surface area contributed by atoms with Gasteiger partial charge in [-0.15, -0.1) is 0 Å². The van der Waals surface area contributed by atoms with E-state index in [1.807, 2.05) is 19.0 Å². The molecule has 0 aromatic heterocycles. The molecule has 2 aliphatic rings. The van der Waals surface area contributed by atoms with Crippen molar-refractivity contribution in [3.05, 3.63) is 29.8 Å². The number of hydrogen-bond acceptors (Lipinski definition) is 5. The topological polar surface area (TPSA) is 66.9 Å². The number of carbonyl (C=O) groups is 1. The smallest absolute Gasteiger partial charge is 0.312 e. The van der Waals surface area contributed by atoms with Crippen LogP contribution in [0.25, 0.3) is 0 Å². The molecule has 2 fully saturated rings. The Labute approximate surface area is 151 Å². The summed E-state index contributed by atoms with van der Waals surface area (Å²) in [6.45, 7) is 0.662. The van der Waals surface area contributed by atoms with Crippen LogP contribution in [0.4, 0.5) is 8.78 Å². The number of esters is 1. The maximum atomic E-state index is 13.9. The third kappa shape index (κ3) is 3.35. The van der Waals surface area contributed by atoms with E-state index in [4.69, 9.17) is 4.74 Å².